The molecule has 0 bridgehead atoms. The SMILES string of the molecule is C=CCCOCCNC(=O)CNCC1CC1. The maximum atomic E-state index is 11.3. The molecule has 0 radical (unpaired) electrons. The number of hydrogen-bond acceptors (Lipinski definition) is 3. The molecule has 1 saturated carbocycles. The van der Waals surface area contributed by atoms with Crippen LogP contribution in [-0.2, 0) is 9.53 Å². The van der Waals surface area contributed by atoms with Gasteiger partial charge >= 0.3 is 0 Å². The zero-order valence-corrected chi connectivity index (χ0v) is 9.84. The second-order valence-electron chi connectivity index (χ2n) is 4.11. The fraction of sp³-hybridized carbons (Fsp3) is 0.750. The lowest BCUT2D eigenvalue weighted by Gasteiger charge is -2.06. The Morgan fingerprint density at radius 3 is 2.94 bits per heavy atom. The molecule has 1 amide bonds. The number of nitrogens with one attached hydrogen (secondary N) is 2. The van der Waals surface area contributed by atoms with Crippen molar-refractivity contribution in [2.24, 2.45) is 5.92 Å². The van der Waals surface area contributed by atoms with Crippen LogP contribution in [0.2, 0.25) is 0 Å². The van der Waals surface area contributed by atoms with E-state index in [1.807, 2.05) is 6.08 Å². The third-order valence-electron chi connectivity index (χ3n) is 2.45. The van der Waals surface area contributed by atoms with Gasteiger partial charge < -0.3 is 15.4 Å². The summed E-state index contributed by atoms with van der Waals surface area (Å²) in [5.74, 6) is 0.864. The van der Waals surface area contributed by atoms with E-state index in [-0.39, 0.29) is 5.91 Å². The molecule has 0 aromatic carbocycles. The molecule has 92 valence electrons. The van der Waals surface area contributed by atoms with Crippen molar-refractivity contribution in [3.05, 3.63) is 12.7 Å². The van der Waals surface area contributed by atoms with Crippen molar-refractivity contribution in [2.75, 3.05) is 32.8 Å². The molecule has 0 saturated heterocycles. The van der Waals surface area contributed by atoms with Crippen LogP contribution < -0.4 is 10.6 Å². The predicted octanol–water partition coefficient (Wildman–Crippen LogP) is 0.695. The van der Waals surface area contributed by atoms with Crippen LogP contribution in [0, 0.1) is 5.92 Å². The summed E-state index contributed by atoms with van der Waals surface area (Å²) in [5.41, 5.74) is 0. The fourth-order valence-electron chi connectivity index (χ4n) is 1.31. The van der Waals surface area contributed by atoms with Crippen LogP contribution in [0.15, 0.2) is 12.7 Å². The largest absolute Gasteiger partial charge is 0.379 e. The van der Waals surface area contributed by atoms with Crippen molar-refractivity contribution in [3.63, 3.8) is 0 Å². The van der Waals surface area contributed by atoms with Crippen LogP contribution >= 0.6 is 0 Å². The quantitative estimate of drug-likeness (QED) is 0.426. The molecule has 0 aromatic rings. The maximum absolute atomic E-state index is 11.3. The topological polar surface area (TPSA) is 50.4 Å². The molecule has 1 aliphatic carbocycles. The molecular weight excluding hydrogens is 204 g/mol. The summed E-state index contributed by atoms with van der Waals surface area (Å²) in [6.45, 7) is 6.83. The molecule has 0 unspecified atom stereocenters. The highest BCUT2D eigenvalue weighted by Crippen LogP contribution is 2.27. The van der Waals surface area contributed by atoms with E-state index in [1.54, 1.807) is 0 Å². The van der Waals surface area contributed by atoms with E-state index in [2.05, 4.69) is 17.2 Å². The average Bonchev–Trinajstić information content (AvgIpc) is 3.07. The molecule has 0 aromatic heterocycles. The van der Waals surface area contributed by atoms with Gasteiger partial charge in [0, 0.05) is 6.54 Å². The predicted molar refractivity (Wildman–Crippen MR) is 64.2 cm³/mol. The van der Waals surface area contributed by atoms with Crippen molar-refractivity contribution in [1.29, 1.82) is 0 Å². The highest BCUT2D eigenvalue weighted by molar-refractivity contribution is 5.77. The third kappa shape index (κ3) is 7.43. The van der Waals surface area contributed by atoms with E-state index in [9.17, 15) is 4.79 Å². The Balaban J connectivity index is 1.79. The minimum Gasteiger partial charge on any atom is -0.379 e. The van der Waals surface area contributed by atoms with Gasteiger partial charge in [-0.3, -0.25) is 4.79 Å². The Hall–Kier alpha value is -0.870. The Bertz CT molecular complexity index is 215. The van der Waals surface area contributed by atoms with Crippen LogP contribution in [0.3, 0.4) is 0 Å². The second kappa shape index (κ2) is 8.30. The average molecular weight is 226 g/mol. The van der Waals surface area contributed by atoms with Crippen molar-refractivity contribution in [1.82, 2.24) is 10.6 Å². The first kappa shape index (κ1) is 13.2. The van der Waals surface area contributed by atoms with E-state index in [4.69, 9.17) is 4.74 Å². The summed E-state index contributed by atoms with van der Waals surface area (Å²) in [6, 6.07) is 0. The van der Waals surface area contributed by atoms with Crippen molar-refractivity contribution < 1.29 is 9.53 Å². The van der Waals surface area contributed by atoms with Crippen molar-refractivity contribution in [3.8, 4) is 0 Å². The van der Waals surface area contributed by atoms with Gasteiger partial charge in [-0.2, -0.15) is 0 Å². The Labute approximate surface area is 97.4 Å². The van der Waals surface area contributed by atoms with Gasteiger partial charge in [0.15, 0.2) is 0 Å². The summed E-state index contributed by atoms with van der Waals surface area (Å²) in [6.07, 6.45) is 5.30. The fourth-order valence-corrected chi connectivity index (χ4v) is 1.31. The van der Waals surface area contributed by atoms with Crippen LogP contribution in [0.4, 0.5) is 0 Å². The zero-order valence-electron chi connectivity index (χ0n) is 9.84. The highest BCUT2D eigenvalue weighted by atomic mass is 16.5. The first-order valence-electron chi connectivity index (χ1n) is 5.99. The van der Waals surface area contributed by atoms with Crippen LogP contribution in [0.25, 0.3) is 0 Å². The number of hydrogen-bond donors (Lipinski definition) is 2. The van der Waals surface area contributed by atoms with Gasteiger partial charge in [-0.15, -0.1) is 6.58 Å². The monoisotopic (exact) mass is 226 g/mol. The molecule has 4 nitrogen and oxygen atoms in total. The molecule has 4 heteroatoms. The lowest BCUT2D eigenvalue weighted by atomic mass is 10.4. The maximum Gasteiger partial charge on any atom is 0.234 e. The van der Waals surface area contributed by atoms with Crippen molar-refractivity contribution >= 4 is 5.91 Å². The second-order valence-corrected chi connectivity index (χ2v) is 4.11. The molecule has 1 aliphatic rings. The number of carbonyl (C=O) groups excluding carboxylic acids is 1. The molecule has 0 heterocycles. The van der Waals surface area contributed by atoms with Gasteiger partial charge in [0.1, 0.15) is 0 Å². The molecule has 1 fully saturated rings. The van der Waals surface area contributed by atoms with E-state index in [0.29, 0.717) is 26.3 Å². The first-order chi connectivity index (χ1) is 7.83. The highest BCUT2D eigenvalue weighted by Gasteiger charge is 2.20. The van der Waals surface area contributed by atoms with E-state index >= 15 is 0 Å². The summed E-state index contributed by atoms with van der Waals surface area (Å²) in [5, 5.41) is 5.94. The van der Waals surface area contributed by atoms with E-state index in [0.717, 1.165) is 18.9 Å². The van der Waals surface area contributed by atoms with Gasteiger partial charge in [0.25, 0.3) is 0 Å². The summed E-state index contributed by atoms with van der Waals surface area (Å²) < 4.78 is 5.27. The Morgan fingerprint density at radius 2 is 2.25 bits per heavy atom. The molecule has 0 atom stereocenters. The van der Waals surface area contributed by atoms with Crippen LogP contribution in [0.1, 0.15) is 19.3 Å². The molecule has 16 heavy (non-hydrogen) atoms. The number of carbonyl (C=O) groups is 1. The minimum atomic E-state index is 0.0490. The molecule has 1 rings (SSSR count). The molecule has 0 spiro atoms. The normalized spacial score (nSPS) is 14.8. The van der Waals surface area contributed by atoms with Gasteiger partial charge in [-0.1, -0.05) is 6.08 Å². The first-order valence-corrected chi connectivity index (χ1v) is 5.99. The zero-order chi connectivity index (χ0) is 11.6. The van der Waals surface area contributed by atoms with Crippen LogP contribution in [0.5, 0.6) is 0 Å². The number of ether oxygens (including phenoxy) is 1. The van der Waals surface area contributed by atoms with Gasteiger partial charge in [0.2, 0.25) is 5.91 Å². The van der Waals surface area contributed by atoms with Gasteiger partial charge in [-0.25, -0.2) is 0 Å². The van der Waals surface area contributed by atoms with E-state index < -0.39 is 0 Å². The molecular formula is C12H22N2O2. The van der Waals surface area contributed by atoms with Gasteiger partial charge in [0.05, 0.1) is 19.8 Å². The summed E-state index contributed by atoms with van der Waals surface area (Å²) >= 11 is 0. The number of amides is 1. The lowest BCUT2D eigenvalue weighted by molar-refractivity contribution is -0.120. The molecule has 2 N–H and O–H groups in total. The Morgan fingerprint density at radius 1 is 1.44 bits per heavy atom. The van der Waals surface area contributed by atoms with Gasteiger partial charge in [-0.05, 0) is 31.7 Å². The lowest BCUT2D eigenvalue weighted by Crippen LogP contribution is -2.36. The summed E-state index contributed by atoms with van der Waals surface area (Å²) in [4.78, 5) is 11.3. The number of rotatable bonds is 10. The third-order valence-corrected chi connectivity index (χ3v) is 2.45. The van der Waals surface area contributed by atoms with E-state index in [1.165, 1.54) is 12.8 Å². The Kier molecular flexibility index (Phi) is 6.85. The van der Waals surface area contributed by atoms with Crippen molar-refractivity contribution in [2.45, 2.75) is 19.3 Å². The smallest absolute Gasteiger partial charge is 0.234 e. The molecule has 0 aliphatic heterocycles. The standard InChI is InChI=1S/C12H22N2O2/c1-2-3-7-16-8-6-14-12(15)10-13-9-11-4-5-11/h2,11,13H,1,3-10H2,(H,14,15). The minimum absolute atomic E-state index is 0.0490. The summed E-state index contributed by atoms with van der Waals surface area (Å²) in [7, 11) is 0. The van der Waals surface area contributed by atoms with Crippen LogP contribution in [-0.4, -0.2) is 38.8 Å².